The van der Waals surface area contributed by atoms with E-state index >= 15 is 0 Å². The molecule has 0 bridgehead atoms. The zero-order valence-corrected chi connectivity index (χ0v) is 12.2. The van der Waals surface area contributed by atoms with Crippen molar-refractivity contribution in [3.05, 3.63) is 76.0 Å². The van der Waals surface area contributed by atoms with Gasteiger partial charge in [0.25, 0.3) is 0 Å². The average molecular weight is 334 g/mol. The standard InChI is InChI=1S/C16H13BrFNO/c17-14-6-1-13(2-7-14)11-19-16(20)10-5-12-3-8-15(18)9-4-12/h1-10H,11H2,(H,19,20)/b10-5+. The molecule has 0 saturated heterocycles. The molecule has 0 atom stereocenters. The Kier molecular flexibility index (Phi) is 5.07. The molecule has 0 radical (unpaired) electrons. The second-order valence-electron chi connectivity index (χ2n) is 4.23. The fourth-order valence-corrected chi connectivity index (χ4v) is 1.86. The van der Waals surface area contributed by atoms with Gasteiger partial charge >= 0.3 is 0 Å². The van der Waals surface area contributed by atoms with Crippen molar-refractivity contribution in [1.82, 2.24) is 5.32 Å². The Bertz CT molecular complexity index is 605. The molecule has 102 valence electrons. The minimum atomic E-state index is -0.290. The number of rotatable bonds is 4. The van der Waals surface area contributed by atoms with Crippen molar-refractivity contribution in [2.45, 2.75) is 6.54 Å². The number of hydrogen-bond acceptors (Lipinski definition) is 1. The largest absolute Gasteiger partial charge is 0.348 e. The van der Waals surface area contributed by atoms with Crippen LogP contribution in [0.1, 0.15) is 11.1 Å². The molecule has 20 heavy (non-hydrogen) atoms. The number of carbonyl (C=O) groups is 1. The minimum Gasteiger partial charge on any atom is -0.348 e. The van der Waals surface area contributed by atoms with Gasteiger partial charge in [-0.3, -0.25) is 4.79 Å². The summed E-state index contributed by atoms with van der Waals surface area (Å²) in [6.07, 6.45) is 3.09. The van der Waals surface area contributed by atoms with Gasteiger partial charge in [0, 0.05) is 17.1 Å². The summed E-state index contributed by atoms with van der Waals surface area (Å²) in [7, 11) is 0. The van der Waals surface area contributed by atoms with Crippen LogP contribution < -0.4 is 5.32 Å². The Labute approximate surface area is 125 Å². The number of benzene rings is 2. The van der Waals surface area contributed by atoms with Crippen LogP contribution in [0.2, 0.25) is 0 Å². The van der Waals surface area contributed by atoms with Gasteiger partial charge in [-0.1, -0.05) is 40.2 Å². The molecular weight excluding hydrogens is 321 g/mol. The third-order valence-corrected chi connectivity index (χ3v) is 3.21. The van der Waals surface area contributed by atoms with Crippen LogP contribution in [-0.2, 0) is 11.3 Å². The highest BCUT2D eigenvalue weighted by Gasteiger charge is 1.97. The Morgan fingerprint density at radius 1 is 1.10 bits per heavy atom. The van der Waals surface area contributed by atoms with Gasteiger partial charge in [0.2, 0.25) is 5.91 Å². The molecule has 0 aliphatic heterocycles. The molecule has 0 aliphatic carbocycles. The zero-order valence-electron chi connectivity index (χ0n) is 10.6. The predicted molar refractivity (Wildman–Crippen MR) is 81.4 cm³/mol. The summed E-state index contributed by atoms with van der Waals surface area (Å²) in [6.45, 7) is 0.472. The quantitative estimate of drug-likeness (QED) is 0.844. The van der Waals surface area contributed by atoms with Crippen LogP contribution >= 0.6 is 15.9 Å². The molecule has 4 heteroatoms. The van der Waals surface area contributed by atoms with E-state index in [-0.39, 0.29) is 11.7 Å². The normalized spacial score (nSPS) is 10.7. The number of nitrogens with one attached hydrogen (secondary N) is 1. The third kappa shape index (κ3) is 4.63. The molecule has 2 nitrogen and oxygen atoms in total. The number of hydrogen-bond donors (Lipinski definition) is 1. The van der Waals surface area contributed by atoms with Crippen LogP contribution in [0.3, 0.4) is 0 Å². The minimum absolute atomic E-state index is 0.183. The van der Waals surface area contributed by atoms with Crippen LogP contribution in [0, 0.1) is 5.82 Å². The highest BCUT2D eigenvalue weighted by molar-refractivity contribution is 9.10. The van der Waals surface area contributed by atoms with Gasteiger partial charge in [-0.05, 0) is 41.5 Å². The van der Waals surface area contributed by atoms with E-state index in [2.05, 4.69) is 21.2 Å². The third-order valence-electron chi connectivity index (χ3n) is 2.68. The molecule has 0 saturated carbocycles. The van der Waals surface area contributed by atoms with Crippen LogP contribution in [0.15, 0.2) is 59.1 Å². The SMILES string of the molecule is O=C(/C=C/c1ccc(F)cc1)NCc1ccc(Br)cc1. The van der Waals surface area contributed by atoms with Crippen molar-refractivity contribution < 1.29 is 9.18 Å². The first-order chi connectivity index (χ1) is 9.63. The molecule has 0 heterocycles. The van der Waals surface area contributed by atoms with Gasteiger partial charge in [0.15, 0.2) is 0 Å². The van der Waals surface area contributed by atoms with E-state index in [4.69, 9.17) is 0 Å². The summed E-state index contributed by atoms with van der Waals surface area (Å²) < 4.78 is 13.7. The molecule has 1 amide bonds. The van der Waals surface area contributed by atoms with E-state index < -0.39 is 0 Å². The lowest BCUT2D eigenvalue weighted by atomic mass is 10.2. The molecule has 0 aliphatic rings. The second kappa shape index (κ2) is 7.01. The van der Waals surface area contributed by atoms with E-state index in [0.717, 1.165) is 15.6 Å². The summed E-state index contributed by atoms with van der Waals surface area (Å²) >= 11 is 3.36. The summed E-state index contributed by atoms with van der Waals surface area (Å²) in [6, 6.07) is 13.7. The van der Waals surface area contributed by atoms with Gasteiger partial charge in [0.1, 0.15) is 5.82 Å². The zero-order chi connectivity index (χ0) is 14.4. The van der Waals surface area contributed by atoms with Crippen molar-refractivity contribution in [3.63, 3.8) is 0 Å². The molecule has 0 aromatic heterocycles. The molecule has 2 rings (SSSR count). The lowest BCUT2D eigenvalue weighted by molar-refractivity contribution is -0.116. The Hall–Kier alpha value is -1.94. The van der Waals surface area contributed by atoms with E-state index in [0.29, 0.717) is 6.54 Å². The lowest BCUT2D eigenvalue weighted by Gasteiger charge is -2.02. The predicted octanol–water partition coefficient (Wildman–Crippen LogP) is 3.92. The number of halogens is 2. The topological polar surface area (TPSA) is 29.1 Å². The first kappa shape index (κ1) is 14.5. The molecule has 0 spiro atoms. The molecular formula is C16H13BrFNO. The van der Waals surface area contributed by atoms with Crippen LogP contribution in [0.5, 0.6) is 0 Å². The molecule has 0 unspecified atom stereocenters. The molecule has 0 fully saturated rings. The second-order valence-corrected chi connectivity index (χ2v) is 5.14. The number of carbonyl (C=O) groups excluding carboxylic acids is 1. The highest BCUT2D eigenvalue weighted by atomic mass is 79.9. The monoisotopic (exact) mass is 333 g/mol. The van der Waals surface area contributed by atoms with Crippen LogP contribution in [-0.4, -0.2) is 5.91 Å². The van der Waals surface area contributed by atoms with Gasteiger partial charge in [-0.25, -0.2) is 4.39 Å². The van der Waals surface area contributed by atoms with Gasteiger partial charge in [-0.15, -0.1) is 0 Å². The van der Waals surface area contributed by atoms with Crippen LogP contribution in [0.25, 0.3) is 6.08 Å². The first-order valence-corrected chi connectivity index (χ1v) is 6.89. The summed E-state index contributed by atoms with van der Waals surface area (Å²) in [5, 5.41) is 2.78. The van der Waals surface area contributed by atoms with E-state index in [9.17, 15) is 9.18 Å². The van der Waals surface area contributed by atoms with E-state index in [1.165, 1.54) is 18.2 Å². The smallest absolute Gasteiger partial charge is 0.244 e. The Morgan fingerprint density at radius 3 is 2.40 bits per heavy atom. The maximum atomic E-state index is 12.7. The summed E-state index contributed by atoms with van der Waals surface area (Å²) in [4.78, 5) is 11.6. The highest BCUT2D eigenvalue weighted by Crippen LogP contribution is 2.10. The van der Waals surface area contributed by atoms with E-state index in [1.807, 2.05) is 24.3 Å². The first-order valence-electron chi connectivity index (χ1n) is 6.09. The Balaban J connectivity index is 1.86. The van der Waals surface area contributed by atoms with E-state index in [1.54, 1.807) is 18.2 Å². The van der Waals surface area contributed by atoms with Crippen molar-refractivity contribution in [2.24, 2.45) is 0 Å². The lowest BCUT2D eigenvalue weighted by Crippen LogP contribution is -2.20. The van der Waals surface area contributed by atoms with Crippen LogP contribution in [0.4, 0.5) is 4.39 Å². The fraction of sp³-hybridized carbons (Fsp3) is 0.0625. The van der Waals surface area contributed by atoms with Gasteiger partial charge in [-0.2, -0.15) is 0 Å². The molecule has 1 N–H and O–H groups in total. The summed E-state index contributed by atoms with van der Waals surface area (Å²) in [5.41, 5.74) is 1.81. The van der Waals surface area contributed by atoms with Crippen molar-refractivity contribution in [1.29, 1.82) is 0 Å². The average Bonchev–Trinajstić information content (AvgIpc) is 2.46. The molecule has 2 aromatic carbocycles. The fourth-order valence-electron chi connectivity index (χ4n) is 1.60. The maximum absolute atomic E-state index is 12.7. The van der Waals surface area contributed by atoms with Crippen molar-refractivity contribution in [2.75, 3.05) is 0 Å². The maximum Gasteiger partial charge on any atom is 0.244 e. The summed E-state index contributed by atoms with van der Waals surface area (Å²) in [5.74, 6) is -0.473. The van der Waals surface area contributed by atoms with Crippen molar-refractivity contribution >= 4 is 27.9 Å². The van der Waals surface area contributed by atoms with Gasteiger partial charge < -0.3 is 5.32 Å². The molecule has 2 aromatic rings. The van der Waals surface area contributed by atoms with Gasteiger partial charge in [0.05, 0.1) is 0 Å². The van der Waals surface area contributed by atoms with Crippen molar-refractivity contribution in [3.8, 4) is 0 Å². The Morgan fingerprint density at radius 2 is 1.75 bits per heavy atom. The number of amides is 1.